The summed E-state index contributed by atoms with van der Waals surface area (Å²) in [6.45, 7) is 1.74. The molecule has 0 amide bonds. The Labute approximate surface area is 138 Å². The van der Waals surface area contributed by atoms with Gasteiger partial charge in [0.25, 0.3) is 5.69 Å². The van der Waals surface area contributed by atoms with Gasteiger partial charge in [0.15, 0.2) is 0 Å². The lowest BCUT2D eigenvalue weighted by Gasteiger charge is -2.09. The van der Waals surface area contributed by atoms with Crippen LogP contribution in [0.5, 0.6) is 11.5 Å². The summed E-state index contributed by atoms with van der Waals surface area (Å²) in [4.78, 5) is 22.5. The Balaban J connectivity index is 1.90. The molecule has 0 atom stereocenters. The molecule has 2 aromatic carbocycles. The van der Waals surface area contributed by atoms with Gasteiger partial charge in [-0.3, -0.25) is 10.1 Å². The number of hydrogen-bond donors (Lipinski definition) is 0. The fourth-order valence-corrected chi connectivity index (χ4v) is 2.11. The third-order valence-corrected chi connectivity index (χ3v) is 3.30. The minimum Gasteiger partial charge on any atom is -0.497 e. The Morgan fingerprint density at radius 3 is 2.38 bits per heavy atom. The fourth-order valence-electron chi connectivity index (χ4n) is 2.11. The van der Waals surface area contributed by atoms with Crippen molar-refractivity contribution in [1.29, 1.82) is 0 Å². The maximum absolute atomic E-state index is 12.1. The second kappa shape index (κ2) is 7.96. The first-order valence-corrected chi connectivity index (χ1v) is 7.21. The Morgan fingerprint density at radius 1 is 1.08 bits per heavy atom. The van der Waals surface area contributed by atoms with Gasteiger partial charge < -0.3 is 14.2 Å². The van der Waals surface area contributed by atoms with Crippen LogP contribution < -0.4 is 9.47 Å². The number of nitrogens with zero attached hydrogens (tertiary/aromatic N) is 1. The first-order valence-electron chi connectivity index (χ1n) is 7.21. The smallest absolute Gasteiger partial charge is 0.345 e. The molecule has 0 fully saturated rings. The second-order valence-corrected chi connectivity index (χ2v) is 4.89. The molecule has 7 heteroatoms. The number of nitro groups is 1. The molecule has 2 rings (SSSR count). The molecule has 0 spiro atoms. The molecule has 0 aliphatic heterocycles. The van der Waals surface area contributed by atoms with Crippen LogP contribution in [-0.4, -0.2) is 31.2 Å². The van der Waals surface area contributed by atoms with Crippen molar-refractivity contribution in [3.63, 3.8) is 0 Å². The van der Waals surface area contributed by atoms with E-state index in [1.807, 2.05) is 0 Å². The molecule has 0 aliphatic rings. The molecule has 0 saturated heterocycles. The largest absolute Gasteiger partial charge is 0.497 e. The van der Waals surface area contributed by atoms with E-state index in [1.54, 1.807) is 44.4 Å². The van der Waals surface area contributed by atoms with Gasteiger partial charge in [-0.15, -0.1) is 0 Å². The molecule has 2 aromatic rings. The molecule has 0 bridgehead atoms. The zero-order chi connectivity index (χ0) is 17.5. The standard InChI is InChI=1S/C17H17NO6/c1-12-4-3-5-15(18(20)21)16(12)17(19)24-11-10-23-14-8-6-13(22-2)7-9-14/h3-9H,10-11H2,1-2H3. The fraction of sp³-hybridized carbons (Fsp3) is 0.235. The van der Waals surface area contributed by atoms with Crippen molar-refractivity contribution in [2.24, 2.45) is 0 Å². The Kier molecular flexibility index (Phi) is 5.73. The van der Waals surface area contributed by atoms with Gasteiger partial charge >= 0.3 is 5.97 Å². The van der Waals surface area contributed by atoms with Gasteiger partial charge in [-0.2, -0.15) is 0 Å². The average Bonchev–Trinajstić information content (AvgIpc) is 2.58. The van der Waals surface area contributed by atoms with E-state index in [1.165, 1.54) is 12.1 Å². The van der Waals surface area contributed by atoms with Crippen LogP contribution in [0.2, 0.25) is 0 Å². The number of esters is 1. The normalized spacial score (nSPS) is 10.1. The van der Waals surface area contributed by atoms with Gasteiger partial charge in [-0.05, 0) is 36.8 Å². The van der Waals surface area contributed by atoms with E-state index in [-0.39, 0.29) is 24.5 Å². The van der Waals surface area contributed by atoms with E-state index in [2.05, 4.69) is 0 Å². The molecule has 0 heterocycles. The predicted molar refractivity (Wildman–Crippen MR) is 86.6 cm³/mol. The highest BCUT2D eigenvalue weighted by atomic mass is 16.6. The van der Waals surface area contributed by atoms with E-state index >= 15 is 0 Å². The minimum atomic E-state index is -0.738. The number of benzene rings is 2. The van der Waals surface area contributed by atoms with Crippen LogP contribution in [0.15, 0.2) is 42.5 Å². The van der Waals surface area contributed by atoms with Crippen LogP contribution >= 0.6 is 0 Å². The van der Waals surface area contributed by atoms with Crippen molar-refractivity contribution in [2.45, 2.75) is 6.92 Å². The van der Waals surface area contributed by atoms with Crippen LogP contribution in [0, 0.1) is 17.0 Å². The van der Waals surface area contributed by atoms with Crippen molar-refractivity contribution in [1.82, 2.24) is 0 Å². The number of carbonyl (C=O) groups excluding carboxylic acids is 1. The molecule has 0 aromatic heterocycles. The molecule has 0 unspecified atom stereocenters. The number of methoxy groups -OCH3 is 1. The first kappa shape index (κ1) is 17.3. The van der Waals surface area contributed by atoms with Crippen LogP contribution in [-0.2, 0) is 4.74 Å². The number of nitro benzene ring substituents is 1. The molecular formula is C17H17NO6. The van der Waals surface area contributed by atoms with E-state index in [4.69, 9.17) is 14.2 Å². The first-order chi connectivity index (χ1) is 11.5. The summed E-state index contributed by atoms with van der Waals surface area (Å²) in [5, 5.41) is 11.0. The molecule has 24 heavy (non-hydrogen) atoms. The zero-order valence-electron chi connectivity index (χ0n) is 13.4. The van der Waals surface area contributed by atoms with E-state index < -0.39 is 10.9 Å². The molecule has 7 nitrogen and oxygen atoms in total. The average molecular weight is 331 g/mol. The van der Waals surface area contributed by atoms with Crippen LogP contribution in [0.4, 0.5) is 5.69 Å². The molecule has 0 saturated carbocycles. The lowest BCUT2D eigenvalue weighted by Crippen LogP contribution is -2.14. The van der Waals surface area contributed by atoms with Gasteiger partial charge in [-0.1, -0.05) is 12.1 Å². The highest BCUT2D eigenvalue weighted by Crippen LogP contribution is 2.22. The summed E-state index contributed by atoms with van der Waals surface area (Å²) in [5.41, 5.74) is 0.188. The number of aryl methyl sites for hydroxylation is 1. The van der Waals surface area contributed by atoms with Gasteiger partial charge in [0.05, 0.1) is 12.0 Å². The Bertz CT molecular complexity index is 726. The minimum absolute atomic E-state index is 0.0175. The summed E-state index contributed by atoms with van der Waals surface area (Å²) in [7, 11) is 1.57. The third kappa shape index (κ3) is 4.22. The van der Waals surface area contributed by atoms with E-state index in [9.17, 15) is 14.9 Å². The van der Waals surface area contributed by atoms with Crippen molar-refractivity contribution < 1.29 is 23.9 Å². The van der Waals surface area contributed by atoms with Crippen LogP contribution in [0.1, 0.15) is 15.9 Å². The summed E-state index contributed by atoms with van der Waals surface area (Å²) < 4.78 is 15.5. The number of rotatable bonds is 7. The maximum Gasteiger partial charge on any atom is 0.345 e. The molecule has 126 valence electrons. The number of carbonyl (C=O) groups is 1. The quantitative estimate of drug-likeness (QED) is 0.335. The van der Waals surface area contributed by atoms with Crippen molar-refractivity contribution in [2.75, 3.05) is 20.3 Å². The van der Waals surface area contributed by atoms with Gasteiger partial charge in [0, 0.05) is 6.07 Å². The van der Waals surface area contributed by atoms with Crippen LogP contribution in [0.3, 0.4) is 0 Å². The predicted octanol–water partition coefficient (Wildman–Crippen LogP) is 3.15. The van der Waals surface area contributed by atoms with E-state index in [0.29, 0.717) is 17.1 Å². The lowest BCUT2D eigenvalue weighted by atomic mass is 10.1. The summed E-state index contributed by atoms with van der Waals surface area (Å²) in [6.07, 6.45) is 0. The topological polar surface area (TPSA) is 87.9 Å². The molecule has 0 radical (unpaired) electrons. The molecular weight excluding hydrogens is 314 g/mol. The van der Waals surface area contributed by atoms with Gasteiger partial charge in [0.1, 0.15) is 30.3 Å². The summed E-state index contributed by atoms with van der Waals surface area (Å²) in [5.74, 6) is 0.576. The van der Waals surface area contributed by atoms with Crippen molar-refractivity contribution in [3.8, 4) is 11.5 Å². The van der Waals surface area contributed by atoms with Gasteiger partial charge in [0.2, 0.25) is 0 Å². The number of hydrogen-bond acceptors (Lipinski definition) is 6. The lowest BCUT2D eigenvalue weighted by molar-refractivity contribution is -0.385. The van der Waals surface area contributed by atoms with Crippen molar-refractivity contribution >= 4 is 11.7 Å². The van der Waals surface area contributed by atoms with E-state index in [0.717, 1.165) is 0 Å². The Hall–Kier alpha value is -3.09. The SMILES string of the molecule is COc1ccc(OCCOC(=O)c2c(C)cccc2[N+](=O)[O-])cc1. The summed E-state index contributed by atoms with van der Waals surface area (Å²) >= 11 is 0. The third-order valence-electron chi connectivity index (χ3n) is 3.30. The Morgan fingerprint density at radius 2 is 1.75 bits per heavy atom. The molecule has 0 aliphatic carbocycles. The summed E-state index contributed by atoms with van der Waals surface area (Å²) in [6, 6.07) is 11.4. The zero-order valence-corrected chi connectivity index (χ0v) is 13.4. The monoisotopic (exact) mass is 331 g/mol. The van der Waals surface area contributed by atoms with Crippen LogP contribution in [0.25, 0.3) is 0 Å². The van der Waals surface area contributed by atoms with Crippen molar-refractivity contribution in [3.05, 3.63) is 63.7 Å². The highest BCUT2D eigenvalue weighted by Gasteiger charge is 2.23. The number of ether oxygens (including phenoxy) is 3. The second-order valence-electron chi connectivity index (χ2n) is 4.89. The molecule has 0 N–H and O–H groups in total. The van der Waals surface area contributed by atoms with Gasteiger partial charge in [-0.25, -0.2) is 4.79 Å². The highest BCUT2D eigenvalue weighted by molar-refractivity contribution is 5.95. The maximum atomic E-state index is 12.1.